The van der Waals surface area contributed by atoms with E-state index in [0.717, 1.165) is 16.6 Å². The quantitative estimate of drug-likeness (QED) is 0.842. The van der Waals surface area contributed by atoms with Crippen LogP contribution in [-0.4, -0.2) is 31.1 Å². The Hall–Kier alpha value is -2.30. The SMILES string of the molecule is COC(=O)c1[nH]c2c(C)ccc(C)c2c1C(=O)OC. The molecule has 0 spiro atoms. The van der Waals surface area contributed by atoms with Crippen LogP contribution in [0.25, 0.3) is 10.9 Å². The monoisotopic (exact) mass is 261 g/mol. The number of ether oxygens (including phenoxy) is 2. The number of methoxy groups -OCH3 is 2. The first-order chi connectivity index (χ1) is 9.01. The van der Waals surface area contributed by atoms with Crippen LogP contribution in [0.1, 0.15) is 32.0 Å². The van der Waals surface area contributed by atoms with E-state index in [1.807, 2.05) is 26.0 Å². The summed E-state index contributed by atoms with van der Waals surface area (Å²) in [5.41, 5.74) is 2.95. The summed E-state index contributed by atoms with van der Waals surface area (Å²) in [6, 6.07) is 3.83. The molecule has 0 fully saturated rings. The number of benzene rings is 1. The van der Waals surface area contributed by atoms with Crippen LogP contribution in [0.5, 0.6) is 0 Å². The molecule has 0 unspecified atom stereocenters. The zero-order chi connectivity index (χ0) is 14.2. The number of hydrogen-bond acceptors (Lipinski definition) is 4. The van der Waals surface area contributed by atoms with Gasteiger partial charge in [0.2, 0.25) is 0 Å². The molecule has 1 heterocycles. The Morgan fingerprint density at radius 2 is 1.58 bits per heavy atom. The maximum absolute atomic E-state index is 11.9. The Morgan fingerprint density at radius 1 is 1.00 bits per heavy atom. The van der Waals surface area contributed by atoms with Crippen molar-refractivity contribution < 1.29 is 19.1 Å². The smallest absolute Gasteiger partial charge is 0.355 e. The van der Waals surface area contributed by atoms with Gasteiger partial charge >= 0.3 is 11.9 Å². The zero-order valence-corrected chi connectivity index (χ0v) is 11.3. The zero-order valence-electron chi connectivity index (χ0n) is 11.3. The number of esters is 2. The fraction of sp³-hybridized carbons (Fsp3) is 0.286. The molecule has 0 amide bonds. The van der Waals surface area contributed by atoms with E-state index in [9.17, 15) is 9.59 Å². The predicted octanol–water partition coefficient (Wildman–Crippen LogP) is 2.36. The van der Waals surface area contributed by atoms with Gasteiger partial charge < -0.3 is 14.5 Å². The van der Waals surface area contributed by atoms with Crippen LogP contribution in [0.2, 0.25) is 0 Å². The minimum Gasteiger partial charge on any atom is -0.465 e. The number of fused-ring (bicyclic) bond motifs is 1. The van der Waals surface area contributed by atoms with Crippen molar-refractivity contribution in [1.82, 2.24) is 4.98 Å². The Kier molecular flexibility index (Phi) is 3.29. The summed E-state index contributed by atoms with van der Waals surface area (Å²) in [5.74, 6) is -1.14. The number of rotatable bonds is 2. The first-order valence-electron chi connectivity index (χ1n) is 5.79. The molecule has 1 aromatic carbocycles. The third-order valence-electron chi connectivity index (χ3n) is 3.15. The van der Waals surface area contributed by atoms with Gasteiger partial charge in [-0.1, -0.05) is 12.1 Å². The number of nitrogens with one attached hydrogen (secondary N) is 1. The lowest BCUT2D eigenvalue weighted by atomic mass is 10.0. The third kappa shape index (κ3) is 1.97. The van der Waals surface area contributed by atoms with Gasteiger partial charge in [0.05, 0.1) is 19.7 Å². The summed E-state index contributed by atoms with van der Waals surface area (Å²) in [6.07, 6.45) is 0. The Balaban J connectivity index is 2.89. The van der Waals surface area contributed by atoms with Gasteiger partial charge in [-0.3, -0.25) is 0 Å². The summed E-state index contributed by atoms with van der Waals surface area (Å²) in [5, 5.41) is 0.701. The molecule has 0 bridgehead atoms. The van der Waals surface area contributed by atoms with Crippen LogP contribution >= 0.6 is 0 Å². The maximum Gasteiger partial charge on any atom is 0.355 e. The molecule has 2 aromatic rings. The number of aromatic amines is 1. The molecule has 1 N–H and O–H groups in total. The van der Waals surface area contributed by atoms with Gasteiger partial charge in [-0.05, 0) is 25.0 Å². The van der Waals surface area contributed by atoms with Crippen LogP contribution < -0.4 is 0 Å². The third-order valence-corrected chi connectivity index (χ3v) is 3.15. The largest absolute Gasteiger partial charge is 0.465 e. The topological polar surface area (TPSA) is 68.4 Å². The van der Waals surface area contributed by atoms with Crippen LogP contribution in [-0.2, 0) is 9.47 Å². The molecule has 0 radical (unpaired) electrons. The van der Waals surface area contributed by atoms with Crippen molar-refractivity contribution in [2.75, 3.05) is 14.2 Å². The molecule has 2 rings (SSSR count). The van der Waals surface area contributed by atoms with Crippen molar-refractivity contribution in [3.05, 3.63) is 34.5 Å². The van der Waals surface area contributed by atoms with Crippen LogP contribution in [0.4, 0.5) is 0 Å². The van der Waals surface area contributed by atoms with Gasteiger partial charge in [-0.15, -0.1) is 0 Å². The van der Waals surface area contributed by atoms with Gasteiger partial charge in [0.15, 0.2) is 0 Å². The Labute approximate surface area is 110 Å². The normalized spacial score (nSPS) is 10.5. The van der Waals surface area contributed by atoms with Crippen LogP contribution in [0, 0.1) is 13.8 Å². The second-order valence-electron chi connectivity index (χ2n) is 4.31. The highest BCUT2D eigenvalue weighted by Gasteiger charge is 2.26. The van der Waals surface area contributed by atoms with E-state index in [1.54, 1.807) is 0 Å². The van der Waals surface area contributed by atoms with E-state index in [-0.39, 0.29) is 11.3 Å². The lowest BCUT2D eigenvalue weighted by Gasteiger charge is -2.03. The molecule has 0 aliphatic rings. The predicted molar refractivity (Wildman–Crippen MR) is 70.5 cm³/mol. The fourth-order valence-corrected chi connectivity index (χ4v) is 2.17. The standard InChI is InChI=1S/C14H15NO4/c1-7-5-6-8(2)11-9(7)10(13(16)18-3)12(15-11)14(17)19-4/h5-6,15H,1-4H3. The number of H-pyrrole nitrogens is 1. The van der Waals surface area contributed by atoms with Gasteiger partial charge in [-0.25, -0.2) is 9.59 Å². The molecular weight excluding hydrogens is 246 g/mol. The van der Waals surface area contributed by atoms with Gasteiger partial charge in [-0.2, -0.15) is 0 Å². The number of carbonyl (C=O) groups is 2. The summed E-state index contributed by atoms with van der Waals surface area (Å²) >= 11 is 0. The number of hydrogen-bond donors (Lipinski definition) is 1. The van der Waals surface area contributed by atoms with E-state index in [2.05, 4.69) is 4.98 Å². The fourth-order valence-electron chi connectivity index (χ4n) is 2.17. The molecule has 5 heteroatoms. The minimum absolute atomic E-state index is 0.127. The second kappa shape index (κ2) is 4.76. The maximum atomic E-state index is 11.9. The van der Waals surface area contributed by atoms with Crippen molar-refractivity contribution in [2.45, 2.75) is 13.8 Å². The van der Waals surface area contributed by atoms with Gasteiger partial charge in [0.25, 0.3) is 0 Å². The molecule has 0 aliphatic carbocycles. The summed E-state index contributed by atoms with van der Waals surface area (Å²) < 4.78 is 9.47. The first kappa shape index (κ1) is 13.1. The van der Waals surface area contributed by atoms with Crippen molar-refractivity contribution in [3.8, 4) is 0 Å². The summed E-state index contributed by atoms with van der Waals surface area (Å²) in [4.78, 5) is 26.7. The summed E-state index contributed by atoms with van der Waals surface area (Å²) in [6.45, 7) is 3.78. The van der Waals surface area contributed by atoms with Crippen LogP contribution in [0.3, 0.4) is 0 Å². The average molecular weight is 261 g/mol. The molecule has 100 valence electrons. The lowest BCUT2D eigenvalue weighted by Crippen LogP contribution is -2.10. The molecule has 1 aromatic heterocycles. The van der Waals surface area contributed by atoms with Crippen molar-refractivity contribution in [1.29, 1.82) is 0 Å². The van der Waals surface area contributed by atoms with Gasteiger partial charge in [0.1, 0.15) is 11.3 Å². The second-order valence-corrected chi connectivity index (χ2v) is 4.31. The molecule has 0 saturated carbocycles. The highest BCUT2D eigenvalue weighted by atomic mass is 16.5. The number of aryl methyl sites for hydroxylation is 2. The van der Waals surface area contributed by atoms with E-state index in [0.29, 0.717) is 5.39 Å². The Morgan fingerprint density at radius 3 is 2.16 bits per heavy atom. The van der Waals surface area contributed by atoms with E-state index in [1.165, 1.54) is 14.2 Å². The number of aromatic nitrogens is 1. The first-order valence-corrected chi connectivity index (χ1v) is 5.79. The lowest BCUT2D eigenvalue weighted by molar-refractivity contribution is 0.0553. The summed E-state index contributed by atoms with van der Waals surface area (Å²) in [7, 11) is 2.56. The van der Waals surface area contributed by atoms with Crippen molar-refractivity contribution >= 4 is 22.8 Å². The molecule has 0 saturated heterocycles. The average Bonchev–Trinajstić information content (AvgIpc) is 2.82. The highest BCUT2D eigenvalue weighted by molar-refractivity contribution is 6.14. The molecule has 5 nitrogen and oxygen atoms in total. The van der Waals surface area contributed by atoms with Crippen LogP contribution in [0.15, 0.2) is 12.1 Å². The minimum atomic E-state index is -0.588. The molecule has 19 heavy (non-hydrogen) atoms. The van der Waals surface area contributed by atoms with Crippen molar-refractivity contribution in [3.63, 3.8) is 0 Å². The van der Waals surface area contributed by atoms with E-state index < -0.39 is 11.9 Å². The van der Waals surface area contributed by atoms with E-state index in [4.69, 9.17) is 9.47 Å². The molecular formula is C14H15NO4. The number of carbonyl (C=O) groups excluding carboxylic acids is 2. The Bertz CT molecular complexity index is 670. The van der Waals surface area contributed by atoms with Crippen molar-refractivity contribution in [2.24, 2.45) is 0 Å². The molecule has 0 atom stereocenters. The molecule has 0 aliphatic heterocycles. The van der Waals surface area contributed by atoms with E-state index >= 15 is 0 Å². The van der Waals surface area contributed by atoms with Gasteiger partial charge in [0, 0.05) is 5.39 Å². The highest BCUT2D eigenvalue weighted by Crippen LogP contribution is 2.29.